The van der Waals surface area contributed by atoms with Crippen LogP contribution in [0, 0.1) is 0 Å². The lowest BCUT2D eigenvalue weighted by Crippen LogP contribution is -2.42. The van der Waals surface area contributed by atoms with Gasteiger partial charge < -0.3 is 24.1 Å². The van der Waals surface area contributed by atoms with Gasteiger partial charge in [0.2, 0.25) is 0 Å². The van der Waals surface area contributed by atoms with Gasteiger partial charge in [-0.15, -0.1) is 0 Å². The Morgan fingerprint density at radius 3 is 1.46 bits per heavy atom. The van der Waals surface area contributed by atoms with Crippen molar-refractivity contribution >= 4 is 17.9 Å². The van der Waals surface area contributed by atoms with Crippen LogP contribution in [0.4, 0.5) is 0 Å². The van der Waals surface area contributed by atoms with E-state index >= 15 is 0 Å². The average molecular weight is 476 g/mol. The molecule has 4 rings (SSSR count). The molecule has 4 atom stereocenters. The zero-order chi connectivity index (χ0) is 24.6. The maximum absolute atomic E-state index is 12.8. The molecular weight excluding hydrogens is 452 g/mol. The molecule has 0 spiro atoms. The summed E-state index contributed by atoms with van der Waals surface area (Å²) >= 11 is 0. The number of aliphatic hydroxyl groups excluding tert-OH is 1. The summed E-state index contributed by atoms with van der Waals surface area (Å²) in [5.74, 6) is -1.93. The first-order valence-corrected chi connectivity index (χ1v) is 11.1. The molecule has 0 bridgehead atoms. The Morgan fingerprint density at radius 1 is 0.629 bits per heavy atom. The molecule has 180 valence electrons. The lowest BCUT2D eigenvalue weighted by Gasteiger charge is -2.24. The predicted molar refractivity (Wildman–Crippen MR) is 124 cm³/mol. The third-order valence-electron chi connectivity index (χ3n) is 5.48. The van der Waals surface area contributed by atoms with Gasteiger partial charge in [0.05, 0.1) is 23.3 Å². The molecule has 8 heteroatoms. The van der Waals surface area contributed by atoms with Crippen molar-refractivity contribution in [2.75, 3.05) is 13.2 Å². The zero-order valence-corrected chi connectivity index (χ0v) is 18.7. The van der Waals surface area contributed by atoms with E-state index in [0.717, 1.165) is 0 Å². The second-order valence-corrected chi connectivity index (χ2v) is 7.83. The van der Waals surface area contributed by atoms with Crippen LogP contribution in [0.2, 0.25) is 0 Å². The lowest BCUT2D eigenvalue weighted by atomic mass is 10.1. The van der Waals surface area contributed by atoms with Crippen molar-refractivity contribution in [3.8, 4) is 0 Å². The maximum atomic E-state index is 12.8. The summed E-state index contributed by atoms with van der Waals surface area (Å²) in [6.07, 6.45) is -4.21. The van der Waals surface area contributed by atoms with E-state index in [1.165, 1.54) is 0 Å². The van der Waals surface area contributed by atoms with Gasteiger partial charge in [-0.3, -0.25) is 0 Å². The number of ether oxygens (including phenoxy) is 4. The summed E-state index contributed by atoms with van der Waals surface area (Å²) in [5, 5.41) is 9.90. The molecular formula is C27H24O8. The van der Waals surface area contributed by atoms with Crippen LogP contribution in [0.1, 0.15) is 31.1 Å². The second kappa shape index (κ2) is 11.4. The zero-order valence-electron chi connectivity index (χ0n) is 18.7. The van der Waals surface area contributed by atoms with Gasteiger partial charge in [0, 0.05) is 0 Å². The van der Waals surface area contributed by atoms with Crippen molar-refractivity contribution < 1.29 is 38.4 Å². The number of carbonyl (C=O) groups is 3. The lowest BCUT2D eigenvalue weighted by molar-refractivity contribution is -0.0507. The third kappa shape index (κ3) is 5.92. The minimum absolute atomic E-state index is 0.281. The molecule has 0 aliphatic carbocycles. The van der Waals surface area contributed by atoms with Crippen molar-refractivity contribution in [2.45, 2.75) is 24.4 Å². The van der Waals surface area contributed by atoms with Gasteiger partial charge in [0.1, 0.15) is 18.8 Å². The fourth-order valence-corrected chi connectivity index (χ4v) is 3.72. The molecule has 1 aliphatic heterocycles. The smallest absolute Gasteiger partial charge is 0.338 e. The van der Waals surface area contributed by atoms with Crippen molar-refractivity contribution in [2.24, 2.45) is 0 Å². The van der Waals surface area contributed by atoms with Crippen molar-refractivity contribution in [1.29, 1.82) is 0 Å². The van der Waals surface area contributed by atoms with Gasteiger partial charge in [-0.2, -0.15) is 0 Å². The van der Waals surface area contributed by atoms with Crippen LogP contribution in [0.25, 0.3) is 0 Å². The number of esters is 3. The molecule has 1 aliphatic rings. The first-order chi connectivity index (χ1) is 17.1. The summed E-state index contributed by atoms with van der Waals surface area (Å²) in [6, 6.07) is 25.0. The van der Waals surface area contributed by atoms with Crippen molar-refractivity contribution in [1.82, 2.24) is 0 Å². The van der Waals surface area contributed by atoms with E-state index in [2.05, 4.69) is 0 Å². The standard InChI is InChI=1S/C27H24O8/c28-16-21-23(34-26(30)19-12-6-2-7-13-19)24(35-27(31)20-14-8-3-9-15-20)22(33-21)17-32-25(29)18-10-4-1-5-11-18/h1-15,21-24,28H,16-17H2/t21-,22+,23-,24+/m0/s1. The molecule has 3 aromatic carbocycles. The number of hydrogen-bond acceptors (Lipinski definition) is 8. The quantitative estimate of drug-likeness (QED) is 0.390. The molecule has 1 fully saturated rings. The normalized spacial score (nSPS) is 21.2. The van der Waals surface area contributed by atoms with Crippen molar-refractivity contribution in [3.05, 3.63) is 108 Å². The molecule has 0 amide bonds. The van der Waals surface area contributed by atoms with Crippen LogP contribution in [0.3, 0.4) is 0 Å². The van der Waals surface area contributed by atoms with E-state index < -0.39 is 48.9 Å². The first kappa shape index (κ1) is 24.1. The molecule has 0 aromatic heterocycles. The van der Waals surface area contributed by atoms with Gasteiger partial charge in [0.15, 0.2) is 12.2 Å². The molecule has 35 heavy (non-hydrogen) atoms. The number of aliphatic hydroxyl groups is 1. The highest BCUT2D eigenvalue weighted by molar-refractivity contribution is 5.91. The van der Waals surface area contributed by atoms with Gasteiger partial charge in [-0.25, -0.2) is 14.4 Å². The maximum Gasteiger partial charge on any atom is 0.338 e. The Bertz CT molecular complexity index is 1130. The van der Waals surface area contributed by atoms with E-state index in [4.69, 9.17) is 18.9 Å². The molecule has 3 aromatic rings. The highest BCUT2D eigenvalue weighted by Crippen LogP contribution is 2.29. The summed E-state index contributed by atoms with van der Waals surface area (Å²) in [7, 11) is 0. The topological polar surface area (TPSA) is 108 Å². The van der Waals surface area contributed by atoms with E-state index in [0.29, 0.717) is 5.56 Å². The molecule has 8 nitrogen and oxygen atoms in total. The summed E-state index contributed by atoms with van der Waals surface area (Å²) < 4.78 is 22.5. The van der Waals surface area contributed by atoms with Gasteiger partial charge in [-0.1, -0.05) is 54.6 Å². The van der Waals surface area contributed by atoms with E-state index in [1.807, 2.05) is 0 Å². The largest absolute Gasteiger partial charge is 0.459 e. The highest BCUT2D eigenvalue weighted by atomic mass is 16.7. The Labute approximate surface area is 202 Å². The van der Waals surface area contributed by atoms with E-state index in [1.54, 1.807) is 91.0 Å². The Hall–Kier alpha value is -4.01. The summed E-state index contributed by atoms with van der Waals surface area (Å²) in [6.45, 7) is -0.786. The third-order valence-corrected chi connectivity index (χ3v) is 5.48. The van der Waals surface area contributed by atoms with Crippen LogP contribution in [-0.4, -0.2) is 60.6 Å². The summed E-state index contributed by atoms with van der Waals surface area (Å²) in [4.78, 5) is 38.0. The Morgan fingerprint density at radius 2 is 1.03 bits per heavy atom. The Balaban J connectivity index is 1.54. The average Bonchev–Trinajstić information content (AvgIpc) is 3.24. The number of benzene rings is 3. The molecule has 0 unspecified atom stereocenters. The van der Waals surface area contributed by atoms with E-state index in [9.17, 15) is 19.5 Å². The minimum Gasteiger partial charge on any atom is -0.459 e. The van der Waals surface area contributed by atoms with Gasteiger partial charge in [-0.05, 0) is 36.4 Å². The van der Waals surface area contributed by atoms with Crippen molar-refractivity contribution in [3.63, 3.8) is 0 Å². The minimum atomic E-state index is -1.13. The van der Waals surface area contributed by atoms with Crippen LogP contribution < -0.4 is 0 Å². The van der Waals surface area contributed by atoms with Gasteiger partial charge >= 0.3 is 17.9 Å². The van der Waals surface area contributed by atoms with Crippen LogP contribution in [0.15, 0.2) is 91.0 Å². The van der Waals surface area contributed by atoms with Gasteiger partial charge in [0.25, 0.3) is 0 Å². The molecule has 0 radical (unpaired) electrons. The number of carbonyl (C=O) groups excluding carboxylic acids is 3. The molecule has 1 saturated heterocycles. The van der Waals surface area contributed by atoms with Crippen LogP contribution in [0.5, 0.6) is 0 Å². The monoisotopic (exact) mass is 476 g/mol. The fraction of sp³-hybridized carbons (Fsp3) is 0.222. The highest BCUT2D eigenvalue weighted by Gasteiger charge is 2.50. The number of rotatable bonds is 8. The molecule has 1 heterocycles. The van der Waals surface area contributed by atoms with Crippen LogP contribution >= 0.6 is 0 Å². The second-order valence-electron chi connectivity index (χ2n) is 7.83. The SMILES string of the molecule is O=C(OC[C@H]1O[C@@H](CO)[C@H](OC(=O)c2ccccc2)[C@@H]1OC(=O)c1ccccc1)c1ccccc1. The molecule has 1 N–H and O–H groups in total. The van der Waals surface area contributed by atoms with E-state index in [-0.39, 0.29) is 17.7 Å². The Kier molecular flexibility index (Phi) is 7.87. The number of hydrogen-bond donors (Lipinski definition) is 1. The predicted octanol–water partition coefficient (Wildman–Crippen LogP) is 3.05. The first-order valence-electron chi connectivity index (χ1n) is 11.1. The van der Waals surface area contributed by atoms with Crippen LogP contribution in [-0.2, 0) is 18.9 Å². The molecule has 0 saturated carbocycles. The summed E-state index contributed by atoms with van der Waals surface area (Å²) in [5.41, 5.74) is 0.915. The fourth-order valence-electron chi connectivity index (χ4n) is 3.72.